The number of amides is 1. The molecule has 1 amide bonds. The van der Waals surface area contributed by atoms with E-state index in [4.69, 9.17) is 9.47 Å². The Balaban J connectivity index is 2.22. The van der Waals surface area contributed by atoms with Gasteiger partial charge in [-0.1, -0.05) is 0 Å². The molecule has 1 aromatic carbocycles. The molecule has 1 aliphatic heterocycles. The molecule has 0 aliphatic carbocycles. The molecule has 1 heterocycles. The number of carbonyl (C=O) groups is 1. The number of benzene rings is 1. The van der Waals surface area contributed by atoms with Crippen LogP contribution in [0, 0.1) is 0 Å². The highest BCUT2D eigenvalue weighted by Gasteiger charge is 2.21. The Hall–Kier alpha value is -1.91. The minimum Gasteiger partial charge on any atom is -0.495 e. The third-order valence-electron chi connectivity index (χ3n) is 3.04. The van der Waals surface area contributed by atoms with Gasteiger partial charge in [-0.25, -0.2) is 4.79 Å². The Labute approximate surface area is 119 Å². The molecular weight excluding hydrogens is 256 g/mol. The van der Waals surface area contributed by atoms with Gasteiger partial charge in [0, 0.05) is 17.8 Å². The minimum atomic E-state index is -0.505. The minimum absolute atomic E-state index is 0.435. The highest BCUT2D eigenvalue weighted by atomic mass is 16.6. The van der Waals surface area contributed by atoms with Crippen LogP contribution in [0.4, 0.5) is 16.2 Å². The lowest BCUT2D eigenvalue weighted by Gasteiger charge is -2.24. The van der Waals surface area contributed by atoms with Crippen molar-refractivity contribution in [2.24, 2.45) is 0 Å². The molecule has 5 heteroatoms. The molecule has 0 fully saturated rings. The maximum Gasteiger partial charge on any atom is 0.412 e. The van der Waals surface area contributed by atoms with Gasteiger partial charge in [-0.05, 0) is 45.7 Å². The fraction of sp³-hybridized carbons (Fsp3) is 0.533. The third-order valence-corrected chi connectivity index (χ3v) is 3.04. The zero-order valence-electron chi connectivity index (χ0n) is 12.5. The van der Waals surface area contributed by atoms with Crippen molar-refractivity contribution < 1.29 is 14.3 Å². The summed E-state index contributed by atoms with van der Waals surface area (Å²) in [6.45, 7) is 6.45. The predicted molar refractivity (Wildman–Crippen MR) is 79.7 cm³/mol. The van der Waals surface area contributed by atoms with Gasteiger partial charge >= 0.3 is 6.09 Å². The molecular formula is C15H22N2O3. The van der Waals surface area contributed by atoms with E-state index in [1.807, 2.05) is 32.9 Å². The average Bonchev–Trinajstić information content (AvgIpc) is 2.37. The van der Waals surface area contributed by atoms with Gasteiger partial charge in [0.2, 0.25) is 0 Å². The topological polar surface area (TPSA) is 59.6 Å². The second-order valence-electron chi connectivity index (χ2n) is 5.83. The van der Waals surface area contributed by atoms with Crippen molar-refractivity contribution in [1.82, 2.24) is 0 Å². The molecule has 0 bridgehead atoms. The van der Waals surface area contributed by atoms with Crippen LogP contribution in [0.3, 0.4) is 0 Å². The van der Waals surface area contributed by atoms with Gasteiger partial charge < -0.3 is 14.8 Å². The van der Waals surface area contributed by atoms with Gasteiger partial charge in [0.15, 0.2) is 0 Å². The number of ether oxygens (including phenoxy) is 2. The van der Waals surface area contributed by atoms with Crippen LogP contribution >= 0.6 is 0 Å². The van der Waals surface area contributed by atoms with Gasteiger partial charge in [0.1, 0.15) is 11.4 Å². The van der Waals surface area contributed by atoms with Crippen molar-refractivity contribution in [3.63, 3.8) is 0 Å². The molecule has 20 heavy (non-hydrogen) atoms. The van der Waals surface area contributed by atoms with E-state index in [0.717, 1.165) is 42.1 Å². The number of hydrogen-bond donors (Lipinski definition) is 2. The van der Waals surface area contributed by atoms with Crippen molar-refractivity contribution >= 4 is 17.5 Å². The molecule has 1 aromatic rings. The first-order valence-corrected chi connectivity index (χ1v) is 6.84. The van der Waals surface area contributed by atoms with Crippen LogP contribution in [-0.4, -0.2) is 25.3 Å². The molecule has 0 radical (unpaired) electrons. The van der Waals surface area contributed by atoms with Crippen molar-refractivity contribution in [3.8, 4) is 5.75 Å². The summed E-state index contributed by atoms with van der Waals surface area (Å²) in [7, 11) is 1.65. The highest BCUT2D eigenvalue weighted by Crippen LogP contribution is 2.37. The zero-order valence-corrected chi connectivity index (χ0v) is 12.5. The first-order valence-electron chi connectivity index (χ1n) is 6.84. The fourth-order valence-corrected chi connectivity index (χ4v) is 2.26. The smallest absolute Gasteiger partial charge is 0.412 e. The van der Waals surface area contributed by atoms with E-state index >= 15 is 0 Å². The summed E-state index contributed by atoms with van der Waals surface area (Å²) in [5.41, 5.74) is 2.31. The molecule has 1 aliphatic rings. The molecule has 0 aromatic heterocycles. The molecule has 110 valence electrons. The standard InChI is InChI=1S/C15H22N2O3/c1-15(2,3)20-14(18)17-11-7-8-12(19-4)13-10(11)6-5-9-16-13/h7-8,16H,5-6,9H2,1-4H3,(H,17,18). The number of methoxy groups -OCH3 is 1. The van der Waals surface area contributed by atoms with E-state index in [0.29, 0.717) is 0 Å². The lowest BCUT2D eigenvalue weighted by Crippen LogP contribution is -2.28. The molecule has 2 rings (SSSR count). The van der Waals surface area contributed by atoms with Crippen LogP contribution in [0.25, 0.3) is 0 Å². The number of rotatable bonds is 2. The van der Waals surface area contributed by atoms with Gasteiger partial charge in [-0.2, -0.15) is 0 Å². The first kappa shape index (κ1) is 14.5. The Morgan fingerprint density at radius 2 is 2.10 bits per heavy atom. The zero-order chi connectivity index (χ0) is 14.8. The molecule has 5 nitrogen and oxygen atoms in total. The predicted octanol–water partition coefficient (Wildman–Crippen LogP) is 3.40. The lowest BCUT2D eigenvalue weighted by molar-refractivity contribution is 0.0636. The van der Waals surface area contributed by atoms with Crippen LogP contribution < -0.4 is 15.4 Å². The summed E-state index contributed by atoms with van der Waals surface area (Å²) in [5.74, 6) is 0.800. The van der Waals surface area contributed by atoms with Crippen molar-refractivity contribution in [1.29, 1.82) is 0 Å². The molecule has 0 spiro atoms. The largest absolute Gasteiger partial charge is 0.495 e. The second-order valence-corrected chi connectivity index (χ2v) is 5.83. The third kappa shape index (κ3) is 3.35. The summed E-state index contributed by atoms with van der Waals surface area (Å²) in [5, 5.41) is 6.15. The lowest BCUT2D eigenvalue weighted by atomic mass is 10.0. The Kier molecular flexibility index (Phi) is 4.06. The molecule has 0 unspecified atom stereocenters. The van der Waals surface area contributed by atoms with Crippen LogP contribution in [0.5, 0.6) is 5.75 Å². The fourth-order valence-electron chi connectivity index (χ4n) is 2.26. The molecule has 2 N–H and O–H groups in total. The second kappa shape index (κ2) is 5.61. The highest BCUT2D eigenvalue weighted by molar-refractivity contribution is 5.88. The van der Waals surface area contributed by atoms with E-state index in [2.05, 4.69) is 10.6 Å². The summed E-state index contributed by atoms with van der Waals surface area (Å²) in [6, 6.07) is 3.71. The molecule has 0 saturated carbocycles. The van der Waals surface area contributed by atoms with Crippen LogP contribution in [0.1, 0.15) is 32.8 Å². The van der Waals surface area contributed by atoms with Gasteiger partial charge in [-0.3, -0.25) is 5.32 Å². The van der Waals surface area contributed by atoms with Crippen molar-refractivity contribution in [2.75, 3.05) is 24.3 Å². The van der Waals surface area contributed by atoms with E-state index in [9.17, 15) is 4.79 Å². The Morgan fingerprint density at radius 1 is 1.35 bits per heavy atom. The first-order chi connectivity index (χ1) is 9.40. The summed E-state index contributed by atoms with van der Waals surface area (Å²) in [4.78, 5) is 11.9. The van der Waals surface area contributed by atoms with Gasteiger partial charge in [-0.15, -0.1) is 0 Å². The summed E-state index contributed by atoms with van der Waals surface area (Å²) < 4.78 is 10.6. The summed E-state index contributed by atoms with van der Waals surface area (Å²) in [6.07, 6.45) is 1.50. The van der Waals surface area contributed by atoms with Gasteiger partial charge in [0.05, 0.1) is 12.8 Å². The van der Waals surface area contributed by atoms with E-state index in [1.165, 1.54) is 0 Å². The van der Waals surface area contributed by atoms with E-state index in [1.54, 1.807) is 7.11 Å². The maximum atomic E-state index is 11.9. The number of anilines is 2. The maximum absolute atomic E-state index is 11.9. The van der Waals surface area contributed by atoms with E-state index in [-0.39, 0.29) is 0 Å². The average molecular weight is 278 g/mol. The van der Waals surface area contributed by atoms with Crippen molar-refractivity contribution in [2.45, 2.75) is 39.2 Å². The monoisotopic (exact) mass is 278 g/mol. The van der Waals surface area contributed by atoms with Crippen LogP contribution in [-0.2, 0) is 11.2 Å². The van der Waals surface area contributed by atoms with Gasteiger partial charge in [0.25, 0.3) is 0 Å². The molecule has 0 saturated heterocycles. The normalized spacial score (nSPS) is 14.0. The Morgan fingerprint density at radius 3 is 2.75 bits per heavy atom. The van der Waals surface area contributed by atoms with Crippen LogP contribution in [0.15, 0.2) is 12.1 Å². The van der Waals surface area contributed by atoms with Crippen LogP contribution in [0.2, 0.25) is 0 Å². The number of fused-ring (bicyclic) bond motifs is 1. The Bertz CT molecular complexity index is 507. The SMILES string of the molecule is COc1ccc(NC(=O)OC(C)(C)C)c2c1NCCC2. The quantitative estimate of drug-likeness (QED) is 0.870. The number of carbonyl (C=O) groups excluding carboxylic acids is 1. The van der Waals surface area contributed by atoms with E-state index < -0.39 is 11.7 Å². The number of nitrogens with one attached hydrogen (secondary N) is 2. The summed E-state index contributed by atoms with van der Waals surface area (Å²) >= 11 is 0. The molecule has 0 atom stereocenters. The number of hydrogen-bond acceptors (Lipinski definition) is 4. The van der Waals surface area contributed by atoms with Crippen molar-refractivity contribution in [3.05, 3.63) is 17.7 Å².